The molecule has 1 fully saturated rings. The number of nitrogen functional groups attached to an aromatic ring is 1. The number of aromatic nitrogens is 4. The number of H-pyrrole nitrogens is 1. The maximum Gasteiger partial charge on any atom is 0.186 e. The van der Waals surface area contributed by atoms with Gasteiger partial charge in [-0.15, -0.1) is 0 Å². The fourth-order valence-electron chi connectivity index (χ4n) is 2.50. The monoisotopic (exact) mass is 269 g/mol. The highest BCUT2D eigenvalue weighted by molar-refractivity contribution is 5.90. The zero-order valence-electron chi connectivity index (χ0n) is 11.1. The molecule has 0 saturated heterocycles. The highest BCUT2D eigenvalue weighted by atomic mass is 16.5. The van der Waals surface area contributed by atoms with Crippen molar-refractivity contribution < 1.29 is 4.74 Å². The van der Waals surface area contributed by atoms with Crippen LogP contribution < -0.4 is 10.5 Å². The van der Waals surface area contributed by atoms with Gasteiger partial charge < -0.3 is 10.5 Å². The first-order chi connectivity index (χ1) is 9.78. The molecule has 0 amide bonds. The average Bonchev–Trinajstić information content (AvgIpc) is 3.15. The SMILES string of the molecule is COc1ccc(-n2nc(C3CC3)c3c(N)[nH]nc32)cc1. The van der Waals surface area contributed by atoms with E-state index in [-0.39, 0.29) is 0 Å². The van der Waals surface area contributed by atoms with Gasteiger partial charge in [-0.05, 0) is 37.1 Å². The molecule has 0 radical (unpaired) electrons. The van der Waals surface area contributed by atoms with Gasteiger partial charge in [-0.1, -0.05) is 0 Å². The fourth-order valence-corrected chi connectivity index (χ4v) is 2.50. The molecule has 0 aliphatic heterocycles. The number of nitrogens with zero attached hydrogens (tertiary/aromatic N) is 3. The van der Waals surface area contributed by atoms with E-state index in [1.54, 1.807) is 7.11 Å². The van der Waals surface area contributed by atoms with Gasteiger partial charge in [-0.2, -0.15) is 10.2 Å². The van der Waals surface area contributed by atoms with E-state index in [0.717, 1.165) is 28.2 Å². The third kappa shape index (κ3) is 1.57. The molecule has 0 bridgehead atoms. The van der Waals surface area contributed by atoms with E-state index in [9.17, 15) is 0 Å². The quantitative estimate of drug-likeness (QED) is 0.763. The lowest BCUT2D eigenvalue weighted by atomic mass is 10.2. The predicted molar refractivity (Wildman–Crippen MR) is 76.2 cm³/mol. The zero-order chi connectivity index (χ0) is 13.7. The lowest BCUT2D eigenvalue weighted by Gasteiger charge is -2.03. The Bertz CT molecular complexity index is 767. The van der Waals surface area contributed by atoms with Crippen LogP contribution in [0.4, 0.5) is 5.82 Å². The molecule has 1 aliphatic carbocycles. The van der Waals surface area contributed by atoms with Gasteiger partial charge >= 0.3 is 0 Å². The number of aromatic amines is 1. The van der Waals surface area contributed by atoms with Crippen LogP contribution in [0.25, 0.3) is 16.7 Å². The van der Waals surface area contributed by atoms with Gasteiger partial charge in [0.05, 0.1) is 23.9 Å². The van der Waals surface area contributed by atoms with Crippen LogP contribution in [0.15, 0.2) is 24.3 Å². The first-order valence-electron chi connectivity index (χ1n) is 6.65. The molecule has 1 saturated carbocycles. The number of fused-ring (bicyclic) bond motifs is 1. The third-order valence-corrected chi connectivity index (χ3v) is 3.72. The molecular formula is C14H15N5O. The minimum absolute atomic E-state index is 0.525. The van der Waals surface area contributed by atoms with Crippen molar-refractivity contribution in [2.45, 2.75) is 18.8 Å². The summed E-state index contributed by atoms with van der Waals surface area (Å²) in [5.74, 6) is 1.94. The Morgan fingerprint density at radius 1 is 1.30 bits per heavy atom. The summed E-state index contributed by atoms with van der Waals surface area (Å²) in [7, 11) is 1.65. The summed E-state index contributed by atoms with van der Waals surface area (Å²) in [6.07, 6.45) is 2.36. The second-order valence-corrected chi connectivity index (χ2v) is 5.11. The first kappa shape index (κ1) is 11.3. The van der Waals surface area contributed by atoms with Crippen LogP contribution >= 0.6 is 0 Å². The van der Waals surface area contributed by atoms with Gasteiger partial charge in [0.2, 0.25) is 0 Å². The summed E-state index contributed by atoms with van der Waals surface area (Å²) < 4.78 is 7.02. The average molecular weight is 269 g/mol. The number of rotatable bonds is 3. The molecule has 0 atom stereocenters. The van der Waals surface area contributed by atoms with Crippen molar-refractivity contribution in [1.29, 1.82) is 0 Å². The molecule has 6 heteroatoms. The van der Waals surface area contributed by atoms with E-state index < -0.39 is 0 Å². The van der Waals surface area contributed by atoms with E-state index in [4.69, 9.17) is 15.6 Å². The van der Waals surface area contributed by atoms with Crippen molar-refractivity contribution in [2.75, 3.05) is 12.8 Å². The Morgan fingerprint density at radius 3 is 2.70 bits per heavy atom. The van der Waals surface area contributed by atoms with Crippen LogP contribution in [-0.4, -0.2) is 27.1 Å². The molecule has 3 aromatic rings. The van der Waals surface area contributed by atoms with Gasteiger partial charge in [0.1, 0.15) is 11.6 Å². The molecular weight excluding hydrogens is 254 g/mol. The van der Waals surface area contributed by atoms with E-state index >= 15 is 0 Å². The molecule has 1 aromatic carbocycles. The largest absolute Gasteiger partial charge is 0.497 e. The summed E-state index contributed by atoms with van der Waals surface area (Å²) in [5.41, 5.74) is 8.79. The number of anilines is 1. The zero-order valence-corrected chi connectivity index (χ0v) is 11.1. The molecule has 2 aromatic heterocycles. The van der Waals surface area contributed by atoms with Crippen molar-refractivity contribution >= 4 is 16.9 Å². The summed E-state index contributed by atoms with van der Waals surface area (Å²) in [6.45, 7) is 0. The number of ether oxygens (including phenoxy) is 1. The fraction of sp³-hybridized carbons (Fsp3) is 0.286. The molecule has 102 valence electrons. The van der Waals surface area contributed by atoms with Gasteiger partial charge in [0.15, 0.2) is 5.65 Å². The Morgan fingerprint density at radius 2 is 2.05 bits per heavy atom. The summed E-state index contributed by atoms with van der Waals surface area (Å²) >= 11 is 0. The lowest BCUT2D eigenvalue weighted by molar-refractivity contribution is 0.414. The van der Waals surface area contributed by atoms with Crippen LogP contribution in [-0.2, 0) is 0 Å². The molecule has 20 heavy (non-hydrogen) atoms. The van der Waals surface area contributed by atoms with Crippen molar-refractivity contribution in [3.63, 3.8) is 0 Å². The first-order valence-corrected chi connectivity index (χ1v) is 6.65. The summed E-state index contributed by atoms with van der Waals surface area (Å²) in [6, 6.07) is 7.75. The minimum Gasteiger partial charge on any atom is -0.497 e. The Kier molecular flexibility index (Phi) is 2.26. The number of methoxy groups -OCH3 is 1. The van der Waals surface area contributed by atoms with Gasteiger partial charge in [0.25, 0.3) is 0 Å². The topological polar surface area (TPSA) is 81.8 Å². The van der Waals surface area contributed by atoms with Crippen LogP contribution in [0.3, 0.4) is 0 Å². The van der Waals surface area contributed by atoms with Crippen molar-refractivity contribution in [2.24, 2.45) is 0 Å². The second kappa shape index (κ2) is 4.00. The minimum atomic E-state index is 0.525. The van der Waals surface area contributed by atoms with E-state index in [2.05, 4.69) is 10.2 Å². The van der Waals surface area contributed by atoms with E-state index in [0.29, 0.717) is 11.7 Å². The molecule has 2 heterocycles. The van der Waals surface area contributed by atoms with Crippen LogP contribution in [0.5, 0.6) is 5.75 Å². The maximum atomic E-state index is 5.99. The van der Waals surface area contributed by atoms with Gasteiger partial charge in [0, 0.05) is 5.92 Å². The number of nitrogens with two attached hydrogens (primary N) is 1. The van der Waals surface area contributed by atoms with E-state index in [1.165, 1.54) is 12.8 Å². The second-order valence-electron chi connectivity index (χ2n) is 5.11. The molecule has 6 nitrogen and oxygen atoms in total. The van der Waals surface area contributed by atoms with E-state index in [1.807, 2.05) is 28.9 Å². The highest BCUT2D eigenvalue weighted by Gasteiger charge is 2.31. The molecule has 1 aliphatic rings. The van der Waals surface area contributed by atoms with Gasteiger partial charge in [-0.25, -0.2) is 4.68 Å². The van der Waals surface area contributed by atoms with Crippen molar-refractivity contribution in [3.8, 4) is 11.4 Å². The van der Waals surface area contributed by atoms with Crippen LogP contribution in [0, 0.1) is 0 Å². The number of hydrogen-bond donors (Lipinski definition) is 2. The number of nitrogens with one attached hydrogen (secondary N) is 1. The molecule has 3 N–H and O–H groups in total. The normalized spacial score (nSPS) is 14.8. The maximum absolute atomic E-state index is 5.99. The Balaban J connectivity index is 1.90. The lowest BCUT2D eigenvalue weighted by Crippen LogP contribution is -1.98. The smallest absolute Gasteiger partial charge is 0.186 e. The third-order valence-electron chi connectivity index (χ3n) is 3.72. The number of benzene rings is 1. The molecule has 0 spiro atoms. The van der Waals surface area contributed by atoms with Crippen LogP contribution in [0.2, 0.25) is 0 Å². The number of hydrogen-bond acceptors (Lipinski definition) is 4. The standard InChI is InChI=1S/C14H15N5O/c1-20-10-6-4-9(5-7-10)19-14-11(13(15)16-17-14)12(18-19)8-2-3-8/h4-8H,2-3H2,1H3,(H3,15,16,17). The molecule has 0 unspecified atom stereocenters. The highest BCUT2D eigenvalue weighted by Crippen LogP contribution is 2.43. The summed E-state index contributed by atoms with van der Waals surface area (Å²) in [4.78, 5) is 0. The van der Waals surface area contributed by atoms with Crippen molar-refractivity contribution in [3.05, 3.63) is 30.0 Å². The molecule has 4 rings (SSSR count). The van der Waals surface area contributed by atoms with Gasteiger partial charge in [-0.3, -0.25) is 5.10 Å². The summed E-state index contributed by atoms with van der Waals surface area (Å²) in [5, 5.41) is 12.8. The Hall–Kier alpha value is -2.50. The van der Waals surface area contributed by atoms with Crippen LogP contribution in [0.1, 0.15) is 24.5 Å². The predicted octanol–water partition coefficient (Wildman–Crippen LogP) is 2.22. The Labute approximate surface area is 115 Å². The van der Waals surface area contributed by atoms with Crippen molar-refractivity contribution in [1.82, 2.24) is 20.0 Å².